The summed E-state index contributed by atoms with van der Waals surface area (Å²) in [5.41, 5.74) is 0.969. The summed E-state index contributed by atoms with van der Waals surface area (Å²) in [6, 6.07) is 0. The predicted octanol–water partition coefficient (Wildman–Crippen LogP) is 5.26. The summed E-state index contributed by atoms with van der Waals surface area (Å²) in [5.74, 6) is 1.47. The van der Waals surface area contributed by atoms with Crippen LogP contribution in [-0.2, 0) is 0 Å². The molecule has 0 aromatic rings. The number of thioether (sulfide) groups is 1. The average Bonchev–Trinajstić information content (AvgIpc) is 2.26. The van der Waals surface area contributed by atoms with Gasteiger partial charge in [-0.3, -0.25) is 0 Å². The molecule has 0 N–H and O–H groups in total. The second-order valence-corrected chi connectivity index (χ2v) is 7.55. The minimum absolute atomic E-state index is 0.342. The minimum atomic E-state index is 0.342. The van der Waals surface area contributed by atoms with E-state index in [2.05, 4.69) is 83.5 Å². The van der Waals surface area contributed by atoms with E-state index in [-0.39, 0.29) is 0 Å². The topological polar surface area (TPSA) is 15.6 Å². The van der Waals surface area contributed by atoms with Gasteiger partial charge in [0.25, 0.3) is 0 Å². The molecule has 0 rings (SSSR count). The molecule has 0 aliphatic rings. The number of nitrogens with zero attached hydrogens (tertiary/aromatic N) is 2. The molecule has 0 spiro atoms. The number of hydrogen-bond donors (Lipinski definition) is 1. The Kier molecular flexibility index (Phi) is 9.39. The highest BCUT2D eigenvalue weighted by Gasteiger charge is 2.14. The molecule has 0 aromatic heterocycles. The van der Waals surface area contributed by atoms with Crippen molar-refractivity contribution in [3.8, 4) is 0 Å². The van der Waals surface area contributed by atoms with Crippen LogP contribution in [0.25, 0.3) is 0 Å². The van der Waals surface area contributed by atoms with Gasteiger partial charge in [0.2, 0.25) is 0 Å². The fourth-order valence-corrected chi connectivity index (χ4v) is 3.39. The van der Waals surface area contributed by atoms with Gasteiger partial charge in [0.05, 0.1) is 5.71 Å². The molecule has 20 heavy (non-hydrogen) atoms. The van der Waals surface area contributed by atoms with E-state index in [1.807, 2.05) is 0 Å². The summed E-state index contributed by atoms with van der Waals surface area (Å²) >= 11 is 5.78. The summed E-state index contributed by atoms with van der Waals surface area (Å²) in [6.07, 6.45) is 2.23. The molecule has 0 aliphatic heterocycles. The molecular weight excluding hydrogens is 284 g/mol. The molecule has 116 valence electrons. The largest absolute Gasteiger partial charge is 0.380 e. The van der Waals surface area contributed by atoms with Crippen LogP contribution >= 0.6 is 24.6 Å². The first kappa shape index (κ1) is 19.7. The Labute approximate surface area is 135 Å². The van der Waals surface area contributed by atoms with Crippen LogP contribution < -0.4 is 0 Å². The minimum Gasteiger partial charge on any atom is -0.380 e. The molecule has 0 amide bonds. The van der Waals surface area contributed by atoms with E-state index in [1.165, 1.54) is 4.91 Å². The third-order valence-electron chi connectivity index (χ3n) is 2.75. The fourth-order valence-electron chi connectivity index (χ4n) is 1.83. The van der Waals surface area contributed by atoms with Crippen LogP contribution in [0.4, 0.5) is 0 Å². The maximum atomic E-state index is 4.16. The highest BCUT2D eigenvalue weighted by molar-refractivity contribution is 8.07. The Bertz CT molecular complexity index is 369. The lowest BCUT2D eigenvalue weighted by atomic mass is 10.1. The monoisotopic (exact) mass is 314 g/mol. The van der Waals surface area contributed by atoms with Gasteiger partial charge in [0.1, 0.15) is 0 Å². The quantitative estimate of drug-likeness (QED) is 0.485. The van der Waals surface area contributed by atoms with Crippen LogP contribution in [0, 0.1) is 17.8 Å². The van der Waals surface area contributed by atoms with Gasteiger partial charge in [-0.1, -0.05) is 59.9 Å². The van der Waals surface area contributed by atoms with Crippen LogP contribution in [0.2, 0.25) is 0 Å². The van der Waals surface area contributed by atoms with Gasteiger partial charge in [0.15, 0.2) is 0 Å². The van der Waals surface area contributed by atoms with E-state index in [4.69, 9.17) is 0 Å². The lowest BCUT2D eigenvalue weighted by Gasteiger charge is -2.21. The molecule has 0 unspecified atom stereocenters. The Hall–Kier alpha value is -0.350. The van der Waals surface area contributed by atoms with Crippen molar-refractivity contribution in [2.75, 3.05) is 13.6 Å². The molecule has 2 nitrogen and oxygen atoms in total. The van der Waals surface area contributed by atoms with Gasteiger partial charge in [-0.05, 0) is 30.6 Å². The van der Waals surface area contributed by atoms with Crippen molar-refractivity contribution in [1.82, 2.24) is 4.90 Å². The zero-order valence-electron chi connectivity index (χ0n) is 14.0. The van der Waals surface area contributed by atoms with Gasteiger partial charge in [-0.25, -0.2) is 4.40 Å². The zero-order valence-corrected chi connectivity index (χ0v) is 15.7. The van der Waals surface area contributed by atoms with Crippen LogP contribution in [0.1, 0.15) is 41.5 Å². The van der Waals surface area contributed by atoms with E-state index in [9.17, 15) is 0 Å². The first-order valence-electron chi connectivity index (χ1n) is 7.20. The number of allylic oxidation sites excluding steroid dienone is 2. The molecule has 0 aliphatic carbocycles. The van der Waals surface area contributed by atoms with Crippen molar-refractivity contribution >= 4 is 30.3 Å². The lowest BCUT2D eigenvalue weighted by molar-refractivity contribution is 0.387. The predicted molar refractivity (Wildman–Crippen MR) is 98.4 cm³/mol. The number of hydrogen-bond acceptors (Lipinski definition) is 4. The highest BCUT2D eigenvalue weighted by atomic mass is 32.2. The van der Waals surface area contributed by atoms with E-state index >= 15 is 0 Å². The van der Waals surface area contributed by atoms with Gasteiger partial charge in [-0.15, -0.1) is 0 Å². The van der Waals surface area contributed by atoms with Crippen molar-refractivity contribution in [2.45, 2.75) is 41.5 Å². The number of thiol groups is 1. The van der Waals surface area contributed by atoms with Crippen molar-refractivity contribution in [1.29, 1.82) is 0 Å². The average molecular weight is 315 g/mol. The van der Waals surface area contributed by atoms with Crippen molar-refractivity contribution in [2.24, 2.45) is 22.2 Å². The first-order chi connectivity index (χ1) is 9.18. The van der Waals surface area contributed by atoms with Crippen LogP contribution in [-0.4, -0.2) is 24.2 Å². The second-order valence-electron chi connectivity index (χ2n) is 6.18. The molecule has 0 radical (unpaired) electrons. The van der Waals surface area contributed by atoms with Gasteiger partial charge in [0, 0.05) is 29.6 Å². The van der Waals surface area contributed by atoms with E-state index in [1.54, 1.807) is 11.8 Å². The Balaban J connectivity index is 4.96. The molecule has 0 saturated heterocycles. The zero-order chi connectivity index (χ0) is 15.9. The molecule has 0 fully saturated rings. The summed E-state index contributed by atoms with van der Waals surface area (Å²) < 4.78 is 4.08. The van der Waals surface area contributed by atoms with Crippen molar-refractivity contribution in [3.05, 3.63) is 22.6 Å². The maximum Gasteiger partial charge on any atom is 0.0642 e. The molecule has 0 atom stereocenters. The summed E-state index contributed by atoms with van der Waals surface area (Å²) in [7, 11) is 2.13. The van der Waals surface area contributed by atoms with E-state index < -0.39 is 0 Å². The van der Waals surface area contributed by atoms with Gasteiger partial charge in [-0.2, -0.15) is 0 Å². The standard InChI is InChI=1S/C16H30N2S2/c1-11(2)9-18(8)10-15(12(3)4)20-14(7)16(17-19)13(5)6/h10-13,19H,7,9H2,1-6,8H3/b15-10-,17-16?. The Morgan fingerprint density at radius 2 is 1.75 bits per heavy atom. The summed E-state index contributed by atoms with van der Waals surface area (Å²) in [4.78, 5) is 4.56. The molecule has 4 heteroatoms. The van der Waals surface area contributed by atoms with E-state index in [0.29, 0.717) is 17.8 Å². The molecule has 0 aromatic carbocycles. The molecule has 0 heterocycles. The van der Waals surface area contributed by atoms with E-state index in [0.717, 1.165) is 17.2 Å². The molecule has 0 saturated carbocycles. The second kappa shape index (κ2) is 9.56. The summed E-state index contributed by atoms with van der Waals surface area (Å²) in [6.45, 7) is 18.3. The Morgan fingerprint density at radius 1 is 1.20 bits per heavy atom. The first-order valence-corrected chi connectivity index (χ1v) is 8.41. The Morgan fingerprint density at radius 3 is 2.10 bits per heavy atom. The third-order valence-corrected chi connectivity index (χ3v) is 4.23. The normalized spacial score (nSPS) is 13.6. The van der Waals surface area contributed by atoms with Gasteiger partial charge >= 0.3 is 0 Å². The van der Waals surface area contributed by atoms with Crippen LogP contribution in [0.15, 0.2) is 27.0 Å². The fraction of sp³-hybridized carbons (Fsp3) is 0.688. The van der Waals surface area contributed by atoms with Crippen molar-refractivity contribution < 1.29 is 0 Å². The van der Waals surface area contributed by atoms with Crippen molar-refractivity contribution in [3.63, 3.8) is 0 Å². The molecular formula is C16H30N2S2. The summed E-state index contributed by atoms with van der Waals surface area (Å²) in [5, 5.41) is 0. The lowest BCUT2D eigenvalue weighted by Crippen LogP contribution is -2.18. The highest BCUT2D eigenvalue weighted by Crippen LogP contribution is 2.32. The smallest absolute Gasteiger partial charge is 0.0642 e. The maximum absolute atomic E-state index is 4.16. The SMILES string of the molecule is C=C(S/C(=C\N(C)CC(C)C)C(C)C)C(=NS)C(C)C. The van der Waals surface area contributed by atoms with Crippen LogP contribution in [0.3, 0.4) is 0 Å². The third kappa shape index (κ3) is 7.44. The van der Waals surface area contributed by atoms with Crippen LogP contribution in [0.5, 0.6) is 0 Å². The van der Waals surface area contributed by atoms with Gasteiger partial charge < -0.3 is 4.90 Å². The number of rotatable bonds is 8. The molecule has 0 bridgehead atoms.